The Morgan fingerprint density at radius 1 is 1.22 bits per heavy atom. The molecule has 1 amide bonds. The van der Waals surface area contributed by atoms with Crippen molar-refractivity contribution < 1.29 is 9.90 Å². The highest BCUT2D eigenvalue weighted by molar-refractivity contribution is 5.78. The Labute approximate surface area is 139 Å². The smallest absolute Gasteiger partial charge is 0.224 e. The van der Waals surface area contributed by atoms with Crippen molar-refractivity contribution in [2.45, 2.75) is 57.9 Å². The van der Waals surface area contributed by atoms with Gasteiger partial charge in [-0.1, -0.05) is 50.3 Å². The van der Waals surface area contributed by atoms with Crippen molar-refractivity contribution in [3.05, 3.63) is 41.5 Å². The molecule has 0 saturated heterocycles. The second-order valence-electron chi connectivity index (χ2n) is 6.90. The fraction of sp³-hybridized carbons (Fsp3) is 0.550. The van der Waals surface area contributed by atoms with Crippen LogP contribution in [0.3, 0.4) is 0 Å². The van der Waals surface area contributed by atoms with Crippen LogP contribution in [-0.4, -0.2) is 23.7 Å². The molecule has 0 bridgehead atoms. The van der Waals surface area contributed by atoms with Gasteiger partial charge >= 0.3 is 0 Å². The summed E-state index contributed by atoms with van der Waals surface area (Å²) in [5.74, 6) is 1.06. The minimum absolute atomic E-state index is 0.0903. The highest BCUT2D eigenvalue weighted by Gasteiger charge is 2.21. The number of hydrogen-bond donors (Lipinski definition) is 2. The van der Waals surface area contributed by atoms with E-state index in [1.165, 1.54) is 5.56 Å². The minimum Gasteiger partial charge on any atom is -0.396 e. The largest absolute Gasteiger partial charge is 0.396 e. The standard InChI is InChI=1S/C20H29NO2/c1-15(2)18-10-6-16(7-11-18)4-3-5-20(23)21-19-12-8-17(14-22)9-13-19/h3-4,6-7,10-11,15,17,19,22H,5,8-9,12-14H2,1-2H3,(H,21,23)/b4-3+. The van der Waals surface area contributed by atoms with Crippen LogP contribution in [0.2, 0.25) is 0 Å². The van der Waals surface area contributed by atoms with Crippen molar-refractivity contribution in [3.8, 4) is 0 Å². The summed E-state index contributed by atoms with van der Waals surface area (Å²) >= 11 is 0. The lowest BCUT2D eigenvalue weighted by atomic mass is 9.86. The van der Waals surface area contributed by atoms with Crippen LogP contribution in [0.25, 0.3) is 6.08 Å². The summed E-state index contributed by atoms with van der Waals surface area (Å²) in [7, 11) is 0. The number of benzene rings is 1. The third kappa shape index (κ3) is 5.83. The highest BCUT2D eigenvalue weighted by atomic mass is 16.3. The molecule has 0 aromatic heterocycles. The number of aliphatic hydroxyl groups excluding tert-OH is 1. The molecule has 1 saturated carbocycles. The first-order chi connectivity index (χ1) is 11.1. The molecule has 0 heterocycles. The van der Waals surface area contributed by atoms with Gasteiger partial charge in [-0.2, -0.15) is 0 Å². The maximum Gasteiger partial charge on any atom is 0.224 e. The molecule has 0 aliphatic heterocycles. The molecule has 23 heavy (non-hydrogen) atoms. The molecule has 1 aliphatic carbocycles. The molecule has 0 spiro atoms. The Kier molecular flexibility index (Phi) is 6.85. The Hall–Kier alpha value is -1.61. The topological polar surface area (TPSA) is 49.3 Å². The van der Waals surface area contributed by atoms with Crippen LogP contribution in [0, 0.1) is 5.92 Å². The zero-order chi connectivity index (χ0) is 16.7. The Morgan fingerprint density at radius 2 is 1.87 bits per heavy atom. The maximum atomic E-state index is 12.0. The molecule has 0 radical (unpaired) electrons. The molecule has 1 aromatic rings. The van der Waals surface area contributed by atoms with Crippen LogP contribution >= 0.6 is 0 Å². The molecule has 3 nitrogen and oxygen atoms in total. The van der Waals surface area contributed by atoms with E-state index in [2.05, 4.69) is 43.4 Å². The van der Waals surface area contributed by atoms with E-state index in [0.29, 0.717) is 18.3 Å². The zero-order valence-electron chi connectivity index (χ0n) is 14.3. The van der Waals surface area contributed by atoms with E-state index in [0.717, 1.165) is 31.2 Å². The number of aliphatic hydroxyl groups is 1. The first kappa shape index (κ1) is 17.7. The monoisotopic (exact) mass is 315 g/mol. The van der Waals surface area contributed by atoms with Gasteiger partial charge in [-0.3, -0.25) is 4.79 Å². The molecule has 1 aromatic carbocycles. The first-order valence-corrected chi connectivity index (χ1v) is 8.75. The molecule has 126 valence electrons. The predicted molar refractivity (Wildman–Crippen MR) is 95.2 cm³/mol. The van der Waals surface area contributed by atoms with Crippen molar-refractivity contribution in [2.24, 2.45) is 5.92 Å². The number of nitrogens with one attached hydrogen (secondary N) is 1. The molecular weight excluding hydrogens is 286 g/mol. The van der Waals surface area contributed by atoms with Gasteiger partial charge in [0.15, 0.2) is 0 Å². The van der Waals surface area contributed by atoms with E-state index < -0.39 is 0 Å². The van der Waals surface area contributed by atoms with E-state index in [1.807, 2.05) is 12.2 Å². The van der Waals surface area contributed by atoms with Crippen molar-refractivity contribution >= 4 is 12.0 Å². The molecule has 1 aliphatic rings. The van der Waals surface area contributed by atoms with Gasteiger partial charge in [0.25, 0.3) is 0 Å². The van der Waals surface area contributed by atoms with Crippen LogP contribution in [0.5, 0.6) is 0 Å². The van der Waals surface area contributed by atoms with Crippen molar-refractivity contribution in [3.63, 3.8) is 0 Å². The van der Waals surface area contributed by atoms with Gasteiger partial charge in [0.2, 0.25) is 5.91 Å². The lowest BCUT2D eigenvalue weighted by Gasteiger charge is -2.27. The van der Waals surface area contributed by atoms with Crippen molar-refractivity contribution in [1.29, 1.82) is 0 Å². The second kappa shape index (κ2) is 8.88. The number of hydrogen-bond acceptors (Lipinski definition) is 2. The maximum absolute atomic E-state index is 12.0. The molecule has 2 N–H and O–H groups in total. The zero-order valence-corrected chi connectivity index (χ0v) is 14.3. The van der Waals surface area contributed by atoms with Crippen molar-refractivity contribution in [2.75, 3.05) is 6.61 Å². The summed E-state index contributed by atoms with van der Waals surface area (Å²) in [5, 5.41) is 12.2. The van der Waals surface area contributed by atoms with Gasteiger partial charge in [0.1, 0.15) is 0 Å². The van der Waals surface area contributed by atoms with Crippen LogP contribution in [0.1, 0.15) is 63.0 Å². The van der Waals surface area contributed by atoms with Gasteiger partial charge in [0.05, 0.1) is 0 Å². The van der Waals surface area contributed by atoms with Crippen LogP contribution < -0.4 is 5.32 Å². The predicted octanol–water partition coefficient (Wildman–Crippen LogP) is 3.88. The molecule has 3 heteroatoms. The fourth-order valence-corrected chi connectivity index (χ4v) is 3.07. The highest BCUT2D eigenvalue weighted by Crippen LogP contribution is 2.23. The summed E-state index contributed by atoms with van der Waals surface area (Å²) in [5.41, 5.74) is 2.46. The fourth-order valence-electron chi connectivity index (χ4n) is 3.07. The van der Waals surface area contributed by atoms with E-state index >= 15 is 0 Å². The van der Waals surface area contributed by atoms with Gasteiger partial charge in [-0.15, -0.1) is 0 Å². The summed E-state index contributed by atoms with van der Waals surface area (Å²) < 4.78 is 0. The number of carbonyl (C=O) groups excluding carboxylic acids is 1. The Balaban J connectivity index is 1.73. The van der Waals surface area contributed by atoms with Crippen LogP contribution in [-0.2, 0) is 4.79 Å². The van der Waals surface area contributed by atoms with E-state index in [1.54, 1.807) is 0 Å². The molecular formula is C20H29NO2. The number of rotatable bonds is 6. The number of carbonyl (C=O) groups is 1. The quantitative estimate of drug-likeness (QED) is 0.837. The molecule has 0 unspecified atom stereocenters. The van der Waals surface area contributed by atoms with Gasteiger partial charge in [-0.25, -0.2) is 0 Å². The molecule has 0 atom stereocenters. The molecule has 1 fully saturated rings. The normalized spacial score (nSPS) is 21.7. The summed E-state index contributed by atoms with van der Waals surface area (Å²) in [6.07, 6.45) is 8.35. The van der Waals surface area contributed by atoms with Gasteiger partial charge in [0, 0.05) is 19.1 Å². The summed E-state index contributed by atoms with van der Waals surface area (Å²) in [4.78, 5) is 12.0. The van der Waals surface area contributed by atoms with Gasteiger partial charge < -0.3 is 10.4 Å². The summed E-state index contributed by atoms with van der Waals surface area (Å²) in [6, 6.07) is 8.76. The Bertz CT molecular complexity index is 511. The van der Waals surface area contributed by atoms with E-state index in [-0.39, 0.29) is 18.6 Å². The average Bonchev–Trinajstić information content (AvgIpc) is 2.56. The third-order valence-corrected chi connectivity index (χ3v) is 4.69. The SMILES string of the molecule is CC(C)c1ccc(/C=C/CC(=O)NC2CCC(CO)CC2)cc1. The van der Waals surface area contributed by atoms with E-state index in [9.17, 15) is 4.79 Å². The Morgan fingerprint density at radius 3 is 2.43 bits per heavy atom. The second-order valence-corrected chi connectivity index (χ2v) is 6.90. The van der Waals surface area contributed by atoms with E-state index in [4.69, 9.17) is 5.11 Å². The van der Waals surface area contributed by atoms with Gasteiger partial charge in [-0.05, 0) is 48.6 Å². The molecule has 2 rings (SSSR count). The lowest BCUT2D eigenvalue weighted by molar-refractivity contribution is -0.121. The minimum atomic E-state index is 0.0903. The van der Waals surface area contributed by atoms with Crippen molar-refractivity contribution in [1.82, 2.24) is 5.32 Å². The first-order valence-electron chi connectivity index (χ1n) is 8.75. The van der Waals surface area contributed by atoms with Crippen LogP contribution in [0.15, 0.2) is 30.3 Å². The summed E-state index contributed by atoms with van der Waals surface area (Å²) in [6.45, 7) is 4.64. The van der Waals surface area contributed by atoms with Crippen LogP contribution in [0.4, 0.5) is 0 Å². The lowest BCUT2D eigenvalue weighted by Crippen LogP contribution is -2.37. The third-order valence-electron chi connectivity index (χ3n) is 4.69. The number of amides is 1. The average molecular weight is 315 g/mol.